The van der Waals surface area contributed by atoms with Crippen LogP contribution >= 0.6 is 0 Å². The highest BCUT2D eigenvalue weighted by molar-refractivity contribution is 5.86. The largest absolute Gasteiger partial charge is 0.289 e. The quantitative estimate of drug-likeness (QED) is 0.658. The first-order valence-corrected chi connectivity index (χ1v) is 7.98. The zero-order valence-electron chi connectivity index (χ0n) is 13.7. The summed E-state index contributed by atoms with van der Waals surface area (Å²) in [6, 6.07) is 12.9. The number of allylic oxidation sites excluding steroid dienone is 1. The topological polar surface area (TPSA) is 49.3 Å². The van der Waals surface area contributed by atoms with Crippen molar-refractivity contribution in [3.8, 4) is 0 Å². The Labute approximate surface area is 140 Å². The molecule has 24 heavy (non-hydrogen) atoms. The Hall–Kier alpha value is -2.46. The van der Waals surface area contributed by atoms with E-state index in [1.807, 2.05) is 43.3 Å². The minimum Gasteiger partial charge on any atom is -0.289 e. The van der Waals surface area contributed by atoms with E-state index in [1.54, 1.807) is 18.5 Å². The van der Waals surface area contributed by atoms with E-state index < -0.39 is 11.8 Å². The highest BCUT2D eigenvalue weighted by Crippen LogP contribution is 2.44. The molecular weight excluding hydrogens is 305 g/mol. The fourth-order valence-corrected chi connectivity index (χ4v) is 3.56. The molecule has 3 rings (SSSR count). The summed E-state index contributed by atoms with van der Waals surface area (Å²) in [5, 5.41) is 9.09. The van der Waals surface area contributed by atoms with E-state index in [0.717, 1.165) is 22.3 Å². The molecule has 1 aliphatic carbocycles. The van der Waals surface area contributed by atoms with Crippen LogP contribution in [0.15, 0.2) is 48.5 Å². The third-order valence-corrected chi connectivity index (χ3v) is 4.87. The molecule has 0 spiro atoms. The summed E-state index contributed by atoms with van der Waals surface area (Å²) in [5.74, 6) is -1.46. The van der Waals surface area contributed by atoms with Crippen LogP contribution in [0.2, 0.25) is 0 Å². The van der Waals surface area contributed by atoms with Crippen molar-refractivity contribution in [2.24, 2.45) is 5.92 Å². The van der Waals surface area contributed by atoms with Gasteiger partial charge in [0.2, 0.25) is 0 Å². The van der Waals surface area contributed by atoms with Crippen LogP contribution in [0.1, 0.15) is 34.6 Å². The Bertz CT molecular complexity index is 813. The predicted molar refractivity (Wildman–Crippen MR) is 91.1 cm³/mol. The summed E-state index contributed by atoms with van der Waals surface area (Å²) in [6.07, 6.45) is 2.52. The van der Waals surface area contributed by atoms with Crippen molar-refractivity contribution in [3.63, 3.8) is 0 Å². The van der Waals surface area contributed by atoms with Gasteiger partial charge in [0.1, 0.15) is 5.82 Å². The average molecular weight is 325 g/mol. The van der Waals surface area contributed by atoms with Gasteiger partial charge in [-0.15, -0.1) is 0 Å². The lowest BCUT2D eigenvalue weighted by Crippen LogP contribution is -2.29. The molecule has 2 atom stereocenters. The van der Waals surface area contributed by atoms with E-state index in [0.29, 0.717) is 12.0 Å². The second-order valence-corrected chi connectivity index (χ2v) is 6.27. The molecule has 0 fully saturated rings. The summed E-state index contributed by atoms with van der Waals surface area (Å²) < 4.78 is 14.0. The second-order valence-electron chi connectivity index (χ2n) is 6.27. The van der Waals surface area contributed by atoms with Crippen molar-refractivity contribution in [2.75, 3.05) is 0 Å². The van der Waals surface area contributed by atoms with E-state index in [9.17, 15) is 9.18 Å². The molecule has 0 saturated heterocycles. The van der Waals surface area contributed by atoms with Crippen LogP contribution < -0.4 is 5.48 Å². The van der Waals surface area contributed by atoms with Gasteiger partial charge in [-0.3, -0.25) is 10.0 Å². The standard InChI is InChI=1S/C20H20FNO2/c1-12-6-3-4-7-15(12)14-10-17(18(11-14)20(23)22-24)16-8-5-9-19(21)13(16)2/h3-9,11,17-18,24H,10H2,1-2H3,(H,22,23). The van der Waals surface area contributed by atoms with Crippen molar-refractivity contribution >= 4 is 11.5 Å². The SMILES string of the molecule is Cc1ccccc1C1=CC(C(=O)NO)C(c2cccc(F)c2C)C1. The maximum absolute atomic E-state index is 14.0. The molecule has 2 unspecified atom stereocenters. The number of benzene rings is 2. The maximum Gasteiger partial charge on any atom is 0.250 e. The number of rotatable bonds is 3. The molecule has 4 heteroatoms. The summed E-state index contributed by atoms with van der Waals surface area (Å²) in [5.41, 5.74) is 6.38. The van der Waals surface area contributed by atoms with Gasteiger partial charge >= 0.3 is 0 Å². The predicted octanol–water partition coefficient (Wildman–Crippen LogP) is 4.14. The minimum absolute atomic E-state index is 0.192. The molecule has 1 amide bonds. The van der Waals surface area contributed by atoms with Gasteiger partial charge in [-0.05, 0) is 54.2 Å². The normalized spacial score (nSPS) is 19.9. The molecule has 0 radical (unpaired) electrons. The Morgan fingerprint density at radius 2 is 1.92 bits per heavy atom. The summed E-state index contributed by atoms with van der Waals surface area (Å²) in [7, 11) is 0. The van der Waals surface area contributed by atoms with Gasteiger partial charge in [0.15, 0.2) is 0 Å². The molecule has 0 bridgehead atoms. The fraction of sp³-hybridized carbons (Fsp3) is 0.250. The lowest BCUT2D eigenvalue weighted by atomic mass is 9.84. The smallest absolute Gasteiger partial charge is 0.250 e. The average Bonchev–Trinajstić information content (AvgIpc) is 3.02. The first kappa shape index (κ1) is 16.4. The van der Waals surface area contributed by atoms with Crippen LogP contribution in [0, 0.1) is 25.6 Å². The molecule has 2 N–H and O–H groups in total. The number of amides is 1. The number of nitrogens with one attached hydrogen (secondary N) is 1. The van der Waals surface area contributed by atoms with Crippen molar-refractivity contribution in [1.29, 1.82) is 0 Å². The number of hydrogen-bond donors (Lipinski definition) is 2. The number of carbonyl (C=O) groups is 1. The van der Waals surface area contributed by atoms with Crippen LogP contribution in [0.25, 0.3) is 5.57 Å². The van der Waals surface area contributed by atoms with E-state index in [2.05, 4.69) is 0 Å². The number of hydroxylamine groups is 1. The van der Waals surface area contributed by atoms with Crippen LogP contribution in [0.3, 0.4) is 0 Å². The van der Waals surface area contributed by atoms with Crippen molar-refractivity contribution in [3.05, 3.63) is 76.6 Å². The molecule has 0 saturated carbocycles. The molecular formula is C20H20FNO2. The lowest BCUT2D eigenvalue weighted by molar-refractivity contribution is -0.132. The van der Waals surface area contributed by atoms with Crippen LogP contribution in [-0.4, -0.2) is 11.1 Å². The number of halogens is 1. The van der Waals surface area contributed by atoms with Gasteiger partial charge in [0.25, 0.3) is 5.91 Å². The van der Waals surface area contributed by atoms with E-state index in [4.69, 9.17) is 5.21 Å². The van der Waals surface area contributed by atoms with Gasteiger partial charge in [-0.25, -0.2) is 9.87 Å². The summed E-state index contributed by atoms with van der Waals surface area (Å²) in [6.45, 7) is 3.75. The van der Waals surface area contributed by atoms with Crippen LogP contribution in [0.4, 0.5) is 4.39 Å². The zero-order chi connectivity index (χ0) is 17.3. The fourth-order valence-electron chi connectivity index (χ4n) is 3.56. The molecule has 2 aromatic rings. The van der Waals surface area contributed by atoms with Gasteiger partial charge < -0.3 is 0 Å². The molecule has 3 nitrogen and oxygen atoms in total. The number of hydrogen-bond acceptors (Lipinski definition) is 2. The van der Waals surface area contributed by atoms with Crippen LogP contribution in [-0.2, 0) is 4.79 Å². The second kappa shape index (κ2) is 6.57. The van der Waals surface area contributed by atoms with Gasteiger partial charge in [-0.2, -0.15) is 0 Å². The first-order valence-electron chi connectivity index (χ1n) is 7.98. The lowest BCUT2D eigenvalue weighted by Gasteiger charge is -2.20. The maximum atomic E-state index is 14.0. The van der Waals surface area contributed by atoms with Crippen LogP contribution in [0.5, 0.6) is 0 Å². The summed E-state index contributed by atoms with van der Waals surface area (Å²) in [4.78, 5) is 12.2. The molecule has 2 aromatic carbocycles. The highest BCUT2D eigenvalue weighted by atomic mass is 19.1. The Morgan fingerprint density at radius 3 is 2.62 bits per heavy atom. The third-order valence-electron chi connectivity index (χ3n) is 4.87. The first-order chi connectivity index (χ1) is 11.5. The third kappa shape index (κ3) is 2.85. The van der Waals surface area contributed by atoms with E-state index in [1.165, 1.54) is 6.07 Å². The monoisotopic (exact) mass is 325 g/mol. The summed E-state index contributed by atoms with van der Waals surface area (Å²) >= 11 is 0. The van der Waals surface area contributed by atoms with E-state index in [-0.39, 0.29) is 11.7 Å². The van der Waals surface area contributed by atoms with E-state index >= 15 is 0 Å². The zero-order valence-corrected chi connectivity index (χ0v) is 13.7. The Kier molecular flexibility index (Phi) is 4.49. The molecule has 0 aromatic heterocycles. The Morgan fingerprint density at radius 1 is 1.17 bits per heavy atom. The Balaban J connectivity index is 2.04. The number of carbonyl (C=O) groups excluding carboxylic acids is 1. The van der Waals surface area contributed by atoms with Crippen molar-refractivity contribution < 1.29 is 14.4 Å². The van der Waals surface area contributed by atoms with Gasteiger partial charge in [0, 0.05) is 5.92 Å². The van der Waals surface area contributed by atoms with Crippen molar-refractivity contribution in [1.82, 2.24) is 5.48 Å². The molecule has 0 aliphatic heterocycles. The van der Waals surface area contributed by atoms with Gasteiger partial charge in [-0.1, -0.05) is 42.5 Å². The minimum atomic E-state index is -0.523. The van der Waals surface area contributed by atoms with Gasteiger partial charge in [0.05, 0.1) is 5.92 Å². The molecule has 124 valence electrons. The molecule has 1 aliphatic rings. The number of aryl methyl sites for hydroxylation is 1. The van der Waals surface area contributed by atoms with Crippen molar-refractivity contribution in [2.45, 2.75) is 26.2 Å². The highest BCUT2D eigenvalue weighted by Gasteiger charge is 2.35. The molecule has 0 heterocycles.